The van der Waals surface area contributed by atoms with Crippen LogP contribution in [0.3, 0.4) is 0 Å². The van der Waals surface area contributed by atoms with Crippen LogP contribution in [0.1, 0.15) is 55.0 Å². The van der Waals surface area contributed by atoms with Crippen molar-refractivity contribution >= 4 is 5.91 Å². The zero-order valence-corrected chi connectivity index (χ0v) is 13.0. The van der Waals surface area contributed by atoms with Gasteiger partial charge in [0, 0.05) is 24.9 Å². The number of rotatable bonds is 3. The van der Waals surface area contributed by atoms with Crippen LogP contribution in [0.5, 0.6) is 0 Å². The number of aromatic nitrogens is 2. The van der Waals surface area contributed by atoms with Gasteiger partial charge < -0.3 is 15.0 Å². The number of aliphatic hydroxyl groups excluding tert-OH is 1. The average Bonchev–Trinajstić information content (AvgIpc) is 2.87. The minimum Gasteiger partial charge on any atom is -0.393 e. The maximum Gasteiger partial charge on any atom is 0.264 e. The summed E-state index contributed by atoms with van der Waals surface area (Å²) < 4.78 is 0. The predicted octanol–water partition coefficient (Wildman–Crippen LogP) is 1.04. The van der Waals surface area contributed by atoms with E-state index in [-0.39, 0.29) is 28.9 Å². The Balaban J connectivity index is 2.27. The molecule has 2 unspecified atom stereocenters. The number of H-pyrrole nitrogens is 1. The third-order valence-corrected chi connectivity index (χ3v) is 4.07. The lowest BCUT2D eigenvalue weighted by atomic mass is 10.0. The van der Waals surface area contributed by atoms with E-state index in [0.717, 1.165) is 6.42 Å². The van der Waals surface area contributed by atoms with Gasteiger partial charge in [0.15, 0.2) is 0 Å². The highest BCUT2D eigenvalue weighted by molar-refractivity contribution is 5.95. The van der Waals surface area contributed by atoms with Gasteiger partial charge in [-0.25, -0.2) is 4.98 Å². The first-order valence-corrected chi connectivity index (χ1v) is 7.39. The molecule has 1 aromatic heterocycles. The van der Waals surface area contributed by atoms with E-state index in [1.54, 1.807) is 18.7 Å². The van der Waals surface area contributed by atoms with E-state index in [4.69, 9.17) is 0 Å². The number of aryl methyl sites for hydroxylation is 1. The summed E-state index contributed by atoms with van der Waals surface area (Å²) in [5, 5.41) is 9.61. The van der Waals surface area contributed by atoms with Crippen molar-refractivity contribution in [2.24, 2.45) is 5.92 Å². The van der Waals surface area contributed by atoms with Crippen LogP contribution in [0, 0.1) is 12.8 Å². The summed E-state index contributed by atoms with van der Waals surface area (Å²) in [6.07, 6.45) is 0.321. The van der Waals surface area contributed by atoms with Crippen molar-refractivity contribution in [3.63, 3.8) is 0 Å². The van der Waals surface area contributed by atoms with Gasteiger partial charge in [-0.3, -0.25) is 9.59 Å². The zero-order chi connectivity index (χ0) is 15.7. The zero-order valence-electron chi connectivity index (χ0n) is 13.0. The highest BCUT2D eigenvalue weighted by Crippen LogP contribution is 2.21. The Morgan fingerprint density at radius 3 is 2.57 bits per heavy atom. The van der Waals surface area contributed by atoms with Crippen LogP contribution < -0.4 is 5.56 Å². The predicted molar refractivity (Wildman–Crippen MR) is 79.4 cm³/mol. The number of nitrogens with one attached hydrogen (secondary N) is 1. The van der Waals surface area contributed by atoms with Gasteiger partial charge in [-0.1, -0.05) is 13.8 Å². The normalized spacial score (nSPS) is 20.1. The first-order valence-electron chi connectivity index (χ1n) is 7.39. The fraction of sp³-hybridized carbons (Fsp3) is 0.667. The number of aromatic amines is 1. The standard InChI is InChI=1S/C15H23N3O3/c1-8(2)13-16-9(3)12(14(20)17-13)15(21)18-6-5-11(7-18)10(4)19/h8,10-11,19H,5-7H2,1-4H3,(H,16,17,20). The van der Waals surface area contributed by atoms with E-state index in [2.05, 4.69) is 9.97 Å². The number of carbonyl (C=O) groups is 1. The van der Waals surface area contributed by atoms with Crippen LogP contribution in [-0.2, 0) is 0 Å². The number of hydrogen-bond donors (Lipinski definition) is 2. The number of amides is 1. The first-order chi connectivity index (χ1) is 9.81. The summed E-state index contributed by atoms with van der Waals surface area (Å²) in [4.78, 5) is 33.4. The molecule has 1 saturated heterocycles. The third kappa shape index (κ3) is 3.15. The second-order valence-electron chi connectivity index (χ2n) is 6.11. The van der Waals surface area contributed by atoms with Gasteiger partial charge in [-0.2, -0.15) is 0 Å². The van der Waals surface area contributed by atoms with E-state index in [1.807, 2.05) is 13.8 Å². The summed E-state index contributed by atoms with van der Waals surface area (Å²) in [6.45, 7) is 8.35. The molecule has 1 aliphatic rings. The summed E-state index contributed by atoms with van der Waals surface area (Å²) in [6, 6.07) is 0. The summed E-state index contributed by atoms with van der Waals surface area (Å²) >= 11 is 0. The second kappa shape index (κ2) is 5.97. The largest absolute Gasteiger partial charge is 0.393 e. The van der Waals surface area contributed by atoms with E-state index in [0.29, 0.717) is 24.6 Å². The van der Waals surface area contributed by atoms with E-state index < -0.39 is 6.10 Å². The molecule has 0 bridgehead atoms. The molecule has 0 aromatic carbocycles. The van der Waals surface area contributed by atoms with Gasteiger partial charge in [-0.15, -0.1) is 0 Å². The summed E-state index contributed by atoms with van der Waals surface area (Å²) in [5.41, 5.74) is 0.204. The Bertz CT molecular complexity index is 592. The number of likely N-dealkylation sites (tertiary alicyclic amines) is 1. The van der Waals surface area contributed by atoms with Crippen LogP contribution >= 0.6 is 0 Å². The SMILES string of the molecule is Cc1nc(C(C)C)[nH]c(=O)c1C(=O)N1CCC(C(C)O)C1. The molecule has 1 aliphatic heterocycles. The van der Waals surface area contributed by atoms with Gasteiger partial charge in [0.1, 0.15) is 11.4 Å². The van der Waals surface area contributed by atoms with Crippen LogP contribution in [0.4, 0.5) is 0 Å². The van der Waals surface area contributed by atoms with Crippen molar-refractivity contribution in [1.82, 2.24) is 14.9 Å². The van der Waals surface area contributed by atoms with Crippen molar-refractivity contribution in [1.29, 1.82) is 0 Å². The Labute approximate surface area is 124 Å². The minimum absolute atomic E-state index is 0.0798. The molecule has 2 atom stereocenters. The molecule has 0 spiro atoms. The van der Waals surface area contributed by atoms with Gasteiger partial charge >= 0.3 is 0 Å². The maximum atomic E-state index is 12.5. The Morgan fingerprint density at radius 1 is 1.43 bits per heavy atom. The lowest BCUT2D eigenvalue weighted by Gasteiger charge is -2.18. The molecule has 2 rings (SSSR count). The lowest BCUT2D eigenvalue weighted by Crippen LogP contribution is -2.35. The number of hydrogen-bond acceptors (Lipinski definition) is 4. The third-order valence-electron chi connectivity index (χ3n) is 4.07. The average molecular weight is 293 g/mol. The summed E-state index contributed by atoms with van der Waals surface area (Å²) in [5.74, 6) is 0.486. The van der Waals surface area contributed by atoms with Crippen LogP contribution in [-0.4, -0.2) is 45.1 Å². The minimum atomic E-state index is -0.441. The van der Waals surface area contributed by atoms with E-state index >= 15 is 0 Å². The Kier molecular flexibility index (Phi) is 4.46. The number of nitrogens with zero attached hydrogens (tertiary/aromatic N) is 2. The highest BCUT2D eigenvalue weighted by Gasteiger charge is 2.31. The smallest absolute Gasteiger partial charge is 0.264 e. The topological polar surface area (TPSA) is 86.3 Å². The molecule has 116 valence electrons. The Morgan fingerprint density at radius 2 is 2.10 bits per heavy atom. The van der Waals surface area contributed by atoms with Crippen molar-refractivity contribution in [2.75, 3.05) is 13.1 Å². The molecule has 6 nitrogen and oxygen atoms in total. The molecule has 21 heavy (non-hydrogen) atoms. The van der Waals surface area contributed by atoms with Crippen molar-refractivity contribution in [2.45, 2.75) is 46.1 Å². The van der Waals surface area contributed by atoms with Gasteiger partial charge in [0.25, 0.3) is 11.5 Å². The molecular weight excluding hydrogens is 270 g/mol. The molecule has 1 fully saturated rings. The molecule has 2 heterocycles. The fourth-order valence-electron chi connectivity index (χ4n) is 2.66. The summed E-state index contributed by atoms with van der Waals surface area (Å²) in [7, 11) is 0. The highest BCUT2D eigenvalue weighted by atomic mass is 16.3. The first kappa shape index (κ1) is 15.7. The number of aliphatic hydroxyl groups is 1. The molecule has 0 saturated carbocycles. The quantitative estimate of drug-likeness (QED) is 0.872. The van der Waals surface area contributed by atoms with E-state index in [9.17, 15) is 14.7 Å². The number of carbonyl (C=O) groups excluding carboxylic acids is 1. The lowest BCUT2D eigenvalue weighted by molar-refractivity contribution is 0.0759. The van der Waals surface area contributed by atoms with E-state index in [1.165, 1.54) is 0 Å². The maximum absolute atomic E-state index is 12.5. The van der Waals surface area contributed by atoms with Crippen molar-refractivity contribution < 1.29 is 9.90 Å². The van der Waals surface area contributed by atoms with Crippen LogP contribution in [0.2, 0.25) is 0 Å². The van der Waals surface area contributed by atoms with Gasteiger partial charge in [-0.05, 0) is 20.3 Å². The van der Waals surface area contributed by atoms with Gasteiger partial charge in [0.05, 0.1) is 11.8 Å². The molecule has 1 amide bonds. The van der Waals surface area contributed by atoms with Crippen molar-refractivity contribution in [3.8, 4) is 0 Å². The molecule has 2 N–H and O–H groups in total. The molecular formula is C15H23N3O3. The monoisotopic (exact) mass is 293 g/mol. The molecule has 1 aromatic rings. The van der Waals surface area contributed by atoms with Crippen LogP contribution in [0.15, 0.2) is 4.79 Å². The Hall–Kier alpha value is -1.69. The van der Waals surface area contributed by atoms with Crippen molar-refractivity contribution in [3.05, 3.63) is 27.4 Å². The second-order valence-corrected chi connectivity index (χ2v) is 6.11. The fourth-order valence-corrected chi connectivity index (χ4v) is 2.66. The molecule has 6 heteroatoms. The van der Waals surface area contributed by atoms with Gasteiger partial charge in [0.2, 0.25) is 0 Å². The molecule has 0 radical (unpaired) electrons. The van der Waals surface area contributed by atoms with Crippen LogP contribution in [0.25, 0.3) is 0 Å². The molecule has 0 aliphatic carbocycles.